The highest BCUT2D eigenvalue weighted by atomic mass is 15.3. The summed E-state index contributed by atoms with van der Waals surface area (Å²) in [5, 5.41) is 3.58. The normalized spacial score (nSPS) is 27.3. The molecular formula is C15H31N3. The van der Waals surface area contributed by atoms with E-state index in [0.717, 1.165) is 18.6 Å². The Kier molecular flexibility index (Phi) is 5.93. The maximum Gasteiger partial charge on any atom is 0.0224 e. The average Bonchev–Trinajstić information content (AvgIpc) is 2.85. The lowest BCUT2D eigenvalue weighted by molar-refractivity contribution is 0.102. The smallest absolute Gasteiger partial charge is 0.0224 e. The molecule has 2 atom stereocenters. The summed E-state index contributed by atoms with van der Waals surface area (Å²) in [7, 11) is 0. The molecule has 0 saturated carbocycles. The van der Waals surface area contributed by atoms with Crippen LogP contribution in [0.5, 0.6) is 0 Å². The van der Waals surface area contributed by atoms with Crippen LogP contribution in [0.25, 0.3) is 0 Å². The van der Waals surface area contributed by atoms with Gasteiger partial charge in [0.1, 0.15) is 0 Å². The first-order valence-corrected chi connectivity index (χ1v) is 8.03. The third-order valence-corrected chi connectivity index (χ3v) is 4.68. The molecule has 3 nitrogen and oxygen atoms in total. The maximum absolute atomic E-state index is 3.58. The molecule has 0 spiro atoms. The van der Waals surface area contributed by atoms with E-state index in [1.165, 1.54) is 64.8 Å². The standard InChI is InChI=1S/C15H31N3/c1-3-14(16-4-2)7-5-9-17-11-12-18-10-6-8-15(18)13-17/h14-16H,3-13H2,1-2H3. The van der Waals surface area contributed by atoms with Crippen LogP contribution in [0.1, 0.15) is 46.0 Å². The molecular weight excluding hydrogens is 222 g/mol. The van der Waals surface area contributed by atoms with Gasteiger partial charge in [-0.2, -0.15) is 0 Å². The van der Waals surface area contributed by atoms with Crippen molar-refractivity contribution < 1.29 is 0 Å². The molecule has 2 fully saturated rings. The zero-order valence-electron chi connectivity index (χ0n) is 12.3. The molecule has 0 aliphatic carbocycles. The first kappa shape index (κ1) is 14.3. The second kappa shape index (κ2) is 7.46. The Morgan fingerprint density at radius 3 is 2.89 bits per heavy atom. The van der Waals surface area contributed by atoms with Gasteiger partial charge < -0.3 is 10.2 Å². The first-order chi connectivity index (χ1) is 8.83. The molecule has 2 aliphatic rings. The highest BCUT2D eigenvalue weighted by Crippen LogP contribution is 2.21. The zero-order valence-corrected chi connectivity index (χ0v) is 12.3. The van der Waals surface area contributed by atoms with Gasteiger partial charge in [-0.3, -0.25) is 4.90 Å². The van der Waals surface area contributed by atoms with E-state index in [2.05, 4.69) is 29.0 Å². The van der Waals surface area contributed by atoms with Crippen LogP contribution in [-0.2, 0) is 0 Å². The lowest BCUT2D eigenvalue weighted by atomic mass is 10.1. The van der Waals surface area contributed by atoms with Crippen LogP contribution in [0.4, 0.5) is 0 Å². The third kappa shape index (κ3) is 3.94. The van der Waals surface area contributed by atoms with Crippen molar-refractivity contribution in [1.29, 1.82) is 0 Å². The molecule has 0 bridgehead atoms. The summed E-state index contributed by atoms with van der Waals surface area (Å²) >= 11 is 0. The molecule has 0 amide bonds. The van der Waals surface area contributed by atoms with Gasteiger partial charge in [0, 0.05) is 31.7 Å². The summed E-state index contributed by atoms with van der Waals surface area (Å²) < 4.78 is 0. The van der Waals surface area contributed by atoms with Crippen LogP contribution in [-0.4, -0.2) is 61.2 Å². The Morgan fingerprint density at radius 2 is 2.11 bits per heavy atom. The number of piperazine rings is 1. The minimum absolute atomic E-state index is 0.739. The van der Waals surface area contributed by atoms with Crippen molar-refractivity contribution in [1.82, 2.24) is 15.1 Å². The molecule has 106 valence electrons. The Morgan fingerprint density at radius 1 is 1.22 bits per heavy atom. The Hall–Kier alpha value is -0.120. The summed E-state index contributed by atoms with van der Waals surface area (Å²) in [5.41, 5.74) is 0. The van der Waals surface area contributed by atoms with Gasteiger partial charge in [0.2, 0.25) is 0 Å². The third-order valence-electron chi connectivity index (χ3n) is 4.68. The lowest BCUT2D eigenvalue weighted by Crippen LogP contribution is -2.50. The molecule has 18 heavy (non-hydrogen) atoms. The molecule has 2 aliphatic heterocycles. The van der Waals surface area contributed by atoms with E-state index < -0.39 is 0 Å². The molecule has 2 heterocycles. The molecule has 0 aromatic heterocycles. The fourth-order valence-electron chi connectivity index (χ4n) is 3.56. The second-order valence-corrected chi connectivity index (χ2v) is 5.94. The number of nitrogens with zero attached hydrogens (tertiary/aromatic N) is 2. The van der Waals surface area contributed by atoms with E-state index in [1.54, 1.807) is 0 Å². The maximum atomic E-state index is 3.58. The van der Waals surface area contributed by atoms with Crippen molar-refractivity contribution in [2.24, 2.45) is 0 Å². The predicted molar refractivity (Wildman–Crippen MR) is 78.0 cm³/mol. The quantitative estimate of drug-likeness (QED) is 0.748. The number of rotatable bonds is 7. The van der Waals surface area contributed by atoms with Gasteiger partial charge in [-0.1, -0.05) is 13.8 Å². The van der Waals surface area contributed by atoms with Crippen LogP contribution < -0.4 is 5.32 Å². The fraction of sp³-hybridized carbons (Fsp3) is 1.00. The number of nitrogens with one attached hydrogen (secondary N) is 1. The van der Waals surface area contributed by atoms with Crippen molar-refractivity contribution >= 4 is 0 Å². The van der Waals surface area contributed by atoms with Crippen LogP contribution in [0.15, 0.2) is 0 Å². The molecule has 0 radical (unpaired) electrons. The fourth-order valence-corrected chi connectivity index (χ4v) is 3.56. The summed E-state index contributed by atoms with van der Waals surface area (Å²) in [6.45, 7) is 12.2. The van der Waals surface area contributed by atoms with Crippen LogP contribution in [0.3, 0.4) is 0 Å². The largest absolute Gasteiger partial charge is 0.314 e. The predicted octanol–water partition coefficient (Wildman–Crippen LogP) is 1.93. The Bertz CT molecular complexity index is 232. The van der Waals surface area contributed by atoms with Crippen molar-refractivity contribution in [3.05, 3.63) is 0 Å². The van der Waals surface area contributed by atoms with Crippen molar-refractivity contribution in [3.63, 3.8) is 0 Å². The minimum atomic E-state index is 0.739. The Balaban J connectivity index is 1.62. The van der Waals surface area contributed by atoms with E-state index in [4.69, 9.17) is 0 Å². The number of hydrogen-bond donors (Lipinski definition) is 1. The molecule has 0 aromatic carbocycles. The van der Waals surface area contributed by atoms with Crippen LogP contribution >= 0.6 is 0 Å². The molecule has 2 saturated heterocycles. The average molecular weight is 253 g/mol. The topological polar surface area (TPSA) is 18.5 Å². The van der Waals surface area contributed by atoms with E-state index in [9.17, 15) is 0 Å². The van der Waals surface area contributed by atoms with Crippen LogP contribution in [0.2, 0.25) is 0 Å². The van der Waals surface area contributed by atoms with Crippen molar-refractivity contribution in [2.75, 3.05) is 39.3 Å². The summed E-state index contributed by atoms with van der Waals surface area (Å²) in [6.07, 6.45) is 6.83. The van der Waals surface area contributed by atoms with E-state index in [0.29, 0.717) is 0 Å². The second-order valence-electron chi connectivity index (χ2n) is 5.94. The molecule has 0 aromatic rings. The van der Waals surface area contributed by atoms with Crippen LogP contribution in [0, 0.1) is 0 Å². The molecule has 1 N–H and O–H groups in total. The summed E-state index contributed by atoms with van der Waals surface area (Å²) in [4.78, 5) is 5.40. The monoisotopic (exact) mass is 253 g/mol. The lowest BCUT2D eigenvalue weighted by Gasteiger charge is -2.37. The minimum Gasteiger partial charge on any atom is -0.314 e. The SMILES string of the molecule is CCNC(CC)CCCN1CCN2CCCC2C1. The van der Waals surface area contributed by atoms with Gasteiger partial charge in [0.15, 0.2) is 0 Å². The highest BCUT2D eigenvalue weighted by Gasteiger charge is 2.29. The van der Waals surface area contributed by atoms with Crippen molar-refractivity contribution in [2.45, 2.75) is 58.0 Å². The summed E-state index contributed by atoms with van der Waals surface area (Å²) in [5.74, 6) is 0. The van der Waals surface area contributed by atoms with Gasteiger partial charge in [-0.25, -0.2) is 0 Å². The van der Waals surface area contributed by atoms with E-state index in [-0.39, 0.29) is 0 Å². The zero-order chi connectivity index (χ0) is 12.8. The highest BCUT2D eigenvalue weighted by molar-refractivity contribution is 4.86. The van der Waals surface area contributed by atoms with Gasteiger partial charge in [-0.15, -0.1) is 0 Å². The van der Waals surface area contributed by atoms with Gasteiger partial charge in [0.25, 0.3) is 0 Å². The first-order valence-electron chi connectivity index (χ1n) is 8.03. The molecule has 2 unspecified atom stereocenters. The van der Waals surface area contributed by atoms with Crippen molar-refractivity contribution in [3.8, 4) is 0 Å². The Labute approximate surface area is 113 Å². The molecule has 2 rings (SSSR count). The van der Waals surface area contributed by atoms with Gasteiger partial charge in [0.05, 0.1) is 0 Å². The van der Waals surface area contributed by atoms with Gasteiger partial charge >= 0.3 is 0 Å². The van der Waals surface area contributed by atoms with E-state index >= 15 is 0 Å². The number of fused-ring (bicyclic) bond motifs is 1. The van der Waals surface area contributed by atoms with E-state index in [1.807, 2.05) is 0 Å². The van der Waals surface area contributed by atoms with Gasteiger partial charge in [-0.05, 0) is 51.7 Å². The summed E-state index contributed by atoms with van der Waals surface area (Å²) in [6, 6.07) is 1.62. The number of hydrogen-bond acceptors (Lipinski definition) is 3. The molecule has 3 heteroatoms.